The minimum absolute atomic E-state index is 0.829. The van der Waals surface area contributed by atoms with Crippen molar-refractivity contribution in [2.24, 2.45) is 0 Å². The van der Waals surface area contributed by atoms with Crippen LogP contribution in [0.3, 0.4) is 0 Å². The Hall–Kier alpha value is -1.97. The van der Waals surface area contributed by atoms with E-state index in [9.17, 15) is 0 Å². The lowest BCUT2D eigenvalue weighted by Crippen LogP contribution is -1.93. The maximum atomic E-state index is 5.16. The van der Waals surface area contributed by atoms with Crippen molar-refractivity contribution >= 4 is 11.5 Å². The van der Waals surface area contributed by atoms with Gasteiger partial charge in [-0.25, -0.2) is 0 Å². The predicted molar refractivity (Wildman–Crippen MR) is 64.3 cm³/mol. The quantitative estimate of drug-likeness (QED) is 0.831. The summed E-state index contributed by atoms with van der Waals surface area (Å²) in [5.74, 6) is 1.68. The van der Waals surface area contributed by atoms with Gasteiger partial charge in [-0.15, -0.1) is 0 Å². The van der Waals surface area contributed by atoms with E-state index in [2.05, 4.69) is 15.5 Å². The largest absolute Gasteiger partial charge is 0.497 e. The Balaban J connectivity index is 2.23. The topological polar surface area (TPSA) is 49.9 Å². The van der Waals surface area contributed by atoms with Gasteiger partial charge in [0.15, 0.2) is 5.82 Å². The summed E-state index contributed by atoms with van der Waals surface area (Å²) in [6.07, 6.45) is 0. The molecular weight excluding hydrogens is 202 g/mol. The lowest BCUT2D eigenvalue weighted by Gasteiger charge is -2.06. The molecule has 4 heteroatoms. The summed E-state index contributed by atoms with van der Waals surface area (Å²) < 4.78 is 5.16. The zero-order valence-corrected chi connectivity index (χ0v) is 9.66. The Kier molecular flexibility index (Phi) is 2.81. The molecule has 1 aromatic carbocycles. The second kappa shape index (κ2) is 4.26. The fourth-order valence-electron chi connectivity index (χ4n) is 1.44. The number of hydrogen-bond donors (Lipinski definition) is 2. The molecule has 0 fully saturated rings. The van der Waals surface area contributed by atoms with E-state index in [0.29, 0.717) is 0 Å². The highest BCUT2D eigenvalue weighted by atomic mass is 16.5. The Labute approximate surface area is 94.6 Å². The van der Waals surface area contributed by atoms with Crippen molar-refractivity contribution in [3.05, 3.63) is 35.5 Å². The molecule has 0 saturated heterocycles. The van der Waals surface area contributed by atoms with Gasteiger partial charge in [-0.05, 0) is 26.0 Å². The van der Waals surface area contributed by atoms with Crippen LogP contribution in [0.2, 0.25) is 0 Å². The molecule has 0 radical (unpaired) electrons. The molecule has 2 aromatic rings. The molecular formula is C12H15N3O. The maximum absolute atomic E-state index is 5.16. The maximum Gasteiger partial charge on any atom is 0.155 e. The minimum atomic E-state index is 0.829. The van der Waals surface area contributed by atoms with Crippen LogP contribution in [0.5, 0.6) is 5.75 Å². The lowest BCUT2D eigenvalue weighted by atomic mass is 10.2. The Morgan fingerprint density at radius 3 is 2.75 bits per heavy atom. The van der Waals surface area contributed by atoms with Crippen molar-refractivity contribution in [2.75, 3.05) is 12.4 Å². The van der Waals surface area contributed by atoms with E-state index in [0.717, 1.165) is 28.5 Å². The average molecular weight is 217 g/mol. The third-order valence-corrected chi connectivity index (χ3v) is 2.59. The van der Waals surface area contributed by atoms with E-state index in [4.69, 9.17) is 4.74 Å². The molecule has 0 unspecified atom stereocenters. The van der Waals surface area contributed by atoms with Crippen LogP contribution in [0.15, 0.2) is 24.3 Å². The Bertz CT molecular complexity index is 491. The average Bonchev–Trinajstić information content (AvgIpc) is 2.61. The number of aromatic nitrogens is 2. The van der Waals surface area contributed by atoms with E-state index < -0.39 is 0 Å². The second-order valence-electron chi connectivity index (χ2n) is 3.68. The number of aromatic amines is 1. The molecule has 0 aliphatic heterocycles. The van der Waals surface area contributed by atoms with Gasteiger partial charge in [-0.2, -0.15) is 5.10 Å². The van der Waals surface area contributed by atoms with Gasteiger partial charge in [0.2, 0.25) is 0 Å². The van der Waals surface area contributed by atoms with Gasteiger partial charge in [0, 0.05) is 23.0 Å². The molecule has 4 nitrogen and oxygen atoms in total. The number of methoxy groups -OCH3 is 1. The van der Waals surface area contributed by atoms with Crippen molar-refractivity contribution in [2.45, 2.75) is 13.8 Å². The number of H-pyrrole nitrogens is 1. The summed E-state index contributed by atoms with van der Waals surface area (Å²) in [7, 11) is 1.66. The molecule has 1 aromatic heterocycles. The second-order valence-corrected chi connectivity index (χ2v) is 3.68. The Morgan fingerprint density at radius 1 is 1.31 bits per heavy atom. The summed E-state index contributed by atoms with van der Waals surface area (Å²) in [5, 5.41) is 10.4. The number of benzene rings is 1. The molecule has 0 bridgehead atoms. The molecule has 2 N–H and O–H groups in total. The summed E-state index contributed by atoms with van der Waals surface area (Å²) in [6.45, 7) is 4.03. The van der Waals surface area contributed by atoms with E-state index in [1.807, 2.05) is 38.1 Å². The van der Waals surface area contributed by atoms with Gasteiger partial charge >= 0.3 is 0 Å². The van der Waals surface area contributed by atoms with Gasteiger partial charge in [-0.3, -0.25) is 5.10 Å². The van der Waals surface area contributed by atoms with Crippen LogP contribution in [0, 0.1) is 13.8 Å². The smallest absolute Gasteiger partial charge is 0.155 e. The number of nitrogens with one attached hydrogen (secondary N) is 2. The highest BCUT2D eigenvalue weighted by Crippen LogP contribution is 2.22. The van der Waals surface area contributed by atoms with Crippen LogP contribution in [-0.2, 0) is 0 Å². The van der Waals surface area contributed by atoms with Crippen LogP contribution in [0.1, 0.15) is 11.3 Å². The van der Waals surface area contributed by atoms with Gasteiger partial charge in [0.25, 0.3) is 0 Å². The molecule has 0 aliphatic rings. The van der Waals surface area contributed by atoms with Gasteiger partial charge < -0.3 is 10.1 Å². The first-order valence-electron chi connectivity index (χ1n) is 5.13. The number of nitrogens with zero attached hydrogens (tertiary/aromatic N) is 1. The summed E-state index contributed by atoms with van der Waals surface area (Å²) in [4.78, 5) is 0. The number of ether oxygens (including phenoxy) is 1. The number of aryl methyl sites for hydroxylation is 1. The predicted octanol–water partition coefficient (Wildman–Crippen LogP) is 2.78. The number of anilines is 2. The summed E-state index contributed by atoms with van der Waals surface area (Å²) in [6, 6.07) is 7.76. The standard InChI is InChI=1S/C12H15N3O/c1-8-9(2)14-15-12(8)13-10-5-4-6-11(7-10)16-3/h4-7H,1-3H3,(H2,13,14,15). The molecule has 0 spiro atoms. The summed E-state index contributed by atoms with van der Waals surface area (Å²) >= 11 is 0. The van der Waals surface area contributed by atoms with E-state index in [1.54, 1.807) is 7.11 Å². The summed E-state index contributed by atoms with van der Waals surface area (Å²) in [5.41, 5.74) is 3.17. The Morgan fingerprint density at radius 2 is 2.12 bits per heavy atom. The number of hydrogen-bond acceptors (Lipinski definition) is 3. The third-order valence-electron chi connectivity index (χ3n) is 2.59. The van der Waals surface area contributed by atoms with E-state index in [-0.39, 0.29) is 0 Å². The zero-order valence-electron chi connectivity index (χ0n) is 9.66. The molecule has 16 heavy (non-hydrogen) atoms. The van der Waals surface area contributed by atoms with Crippen molar-refractivity contribution in [1.82, 2.24) is 10.2 Å². The van der Waals surface area contributed by atoms with Crippen LogP contribution >= 0.6 is 0 Å². The molecule has 0 saturated carbocycles. The number of rotatable bonds is 3. The highest BCUT2D eigenvalue weighted by Gasteiger charge is 2.05. The fraction of sp³-hybridized carbons (Fsp3) is 0.250. The molecule has 1 heterocycles. The normalized spacial score (nSPS) is 10.2. The zero-order chi connectivity index (χ0) is 11.5. The van der Waals surface area contributed by atoms with Crippen molar-refractivity contribution in [3.63, 3.8) is 0 Å². The highest BCUT2D eigenvalue weighted by molar-refractivity contribution is 5.61. The van der Waals surface area contributed by atoms with Gasteiger partial charge in [0.05, 0.1) is 7.11 Å². The first-order chi connectivity index (χ1) is 7.70. The SMILES string of the molecule is COc1cccc(Nc2n[nH]c(C)c2C)c1. The first-order valence-corrected chi connectivity index (χ1v) is 5.13. The third kappa shape index (κ3) is 2.00. The van der Waals surface area contributed by atoms with Gasteiger partial charge in [-0.1, -0.05) is 6.07 Å². The minimum Gasteiger partial charge on any atom is -0.497 e. The van der Waals surface area contributed by atoms with Crippen LogP contribution in [0.4, 0.5) is 11.5 Å². The fourth-order valence-corrected chi connectivity index (χ4v) is 1.44. The van der Waals surface area contributed by atoms with Crippen LogP contribution < -0.4 is 10.1 Å². The van der Waals surface area contributed by atoms with Crippen molar-refractivity contribution in [3.8, 4) is 5.75 Å². The monoisotopic (exact) mass is 217 g/mol. The molecule has 0 amide bonds. The molecule has 84 valence electrons. The van der Waals surface area contributed by atoms with Crippen molar-refractivity contribution in [1.29, 1.82) is 0 Å². The molecule has 0 atom stereocenters. The van der Waals surface area contributed by atoms with Crippen LogP contribution in [-0.4, -0.2) is 17.3 Å². The van der Waals surface area contributed by atoms with Crippen molar-refractivity contribution < 1.29 is 4.74 Å². The molecule has 0 aliphatic carbocycles. The van der Waals surface area contributed by atoms with Crippen LogP contribution in [0.25, 0.3) is 0 Å². The van der Waals surface area contributed by atoms with E-state index in [1.165, 1.54) is 0 Å². The first kappa shape index (κ1) is 10.5. The lowest BCUT2D eigenvalue weighted by molar-refractivity contribution is 0.415. The molecule has 2 rings (SSSR count). The van der Waals surface area contributed by atoms with Gasteiger partial charge in [0.1, 0.15) is 5.75 Å². The van der Waals surface area contributed by atoms with E-state index >= 15 is 0 Å².